The third kappa shape index (κ3) is 6.57. The Balaban J connectivity index is 1.24. The number of carbonyl (C=O) groups is 1. The minimum absolute atomic E-state index is 0.106. The van der Waals surface area contributed by atoms with Crippen molar-refractivity contribution in [2.75, 3.05) is 6.61 Å². The van der Waals surface area contributed by atoms with Crippen molar-refractivity contribution < 1.29 is 23.9 Å². The molecule has 0 bridgehead atoms. The molecule has 0 aliphatic heterocycles. The van der Waals surface area contributed by atoms with Crippen LogP contribution in [0, 0.1) is 6.92 Å². The molecule has 0 unspecified atom stereocenters. The van der Waals surface area contributed by atoms with Crippen molar-refractivity contribution in [3.63, 3.8) is 0 Å². The second-order valence-corrected chi connectivity index (χ2v) is 7.87. The lowest BCUT2D eigenvalue weighted by Gasteiger charge is -2.06. The van der Waals surface area contributed by atoms with E-state index < -0.39 is 5.97 Å². The fourth-order valence-electron chi connectivity index (χ4n) is 3.43. The monoisotopic (exact) mass is 470 g/mol. The van der Waals surface area contributed by atoms with Crippen LogP contribution in [0.4, 0.5) is 0 Å². The van der Waals surface area contributed by atoms with Gasteiger partial charge < -0.3 is 19.1 Å². The Labute approximate surface area is 203 Å². The van der Waals surface area contributed by atoms with Gasteiger partial charge in [0.05, 0.1) is 0 Å². The van der Waals surface area contributed by atoms with Gasteiger partial charge in [-0.05, 0) is 49.6 Å². The quantitative estimate of drug-likeness (QED) is 0.172. The molecule has 1 N–H and O–H groups in total. The first-order valence-corrected chi connectivity index (χ1v) is 11.3. The minimum atomic E-state index is -1.12. The van der Waals surface area contributed by atoms with Crippen molar-refractivity contribution in [1.29, 1.82) is 0 Å². The lowest BCUT2D eigenvalue weighted by Crippen LogP contribution is -2.15. The Morgan fingerprint density at radius 3 is 2.34 bits per heavy atom. The number of oxime groups is 1. The number of ether oxygens (including phenoxy) is 1. The van der Waals surface area contributed by atoms with Crippen LogP contribution in [0.3, 0.4) is 0 Å². The number of benzene rings is 3. The van der Waals surface area contributed by atoms with E-state index in [0.717, 1.165) is 34.8 Å². The number of aliphatic carboxylic acids is 1. The fourth-order valence-corrected chi connectivity index (χ4v) is 3.43. The molecule has 0 saturated carbocycles. The number of carboxylic acids is 1. The van der Waals surface area contributed by atoms with Crippen molar-refractivity contribution in [3.05, 3.63) is 108 Å². The highest BCUT2D eigenvalue weighted by Crippen LogP contribution is 2.23. The third-order valence-corrected chi connectivity index (χ3v) is 5.32. The summed E-state index contributed by atoms with van der Waals surface area (Å²) in [6.07, 6.45) is 1.47. The highest BCUT2D eigenvalue weighted by atomic mass is 16.6. The van der Waals surface area contributed by atoms with Crippen LogP contribution in [0.2, 0.25) is 0 Å². The lowest BCUT2D eigenvalue weighted by atomic mass is 10.1. The maximum absolute atomic E-state index is 11.4. The standard InChI is InChI=1S/C28H26N2O5/c1-20-25(29-27(35-20)23-12-6-3-7-13-23)19-33-24-16-14-21(15-17-24)9-8-18-34-30-26(28(31)32)22-10-4-2-5-11-22/h2-7,10-17H,8-9,18-19H2,1H3,(H,31,32)/b30-26-. The highest BCUT2D eigenvalue weighted by Gasteiger charge is 2.13. The molecule has 35 heavy (non-hydrogen) atoms. The zero-order chi connectivity index (χ0) is 24.5. The first-order chi connectivity index (χ1) is 17.1. The van der Waals surface area contributed by atoms with Crippen molar-refractivity contribution in [2.45, 2.75) is 26.4 Å². The van der Waals surface area contributed by atoms with Crippen molar-refractivity contribution in [2.24, 2.45) is 5.16 Å². The molecule has 0 saturated heterocycles. The molecule has 4 rings (SSSR count). The topological polar surface area (TPSA) is 94.2 Å². The summed E-state index contributed by atoms with van der Waals surface area (Å²) in [5, 5.41) is 13.1. The Kier molecular flexibility index (Phi) is 7.91. The van der Waals surface area contributed by atoms with Gasteiger partial charge in [0, 0.05) is 11.1 Å². The maximum atomic E-state index is 11.4. The van der Waals surface area contributed by atoms with Gasteiger partial charge in [-0.15, -0.1) is 0 Å². The smallest absolute Gasteiger partial charge is 0.358 e. The average Bonchev–Trinajstić information content (AvgIpc) is 3.27. The van der Waals surface area contributed by atoms with Gasteiger partial charge in [-0.3, -0.25) is 0 Å². The van der Waals surface area contributed by atoms with E-state index in [0.29, 0.717) is 31.1 Å². The predicted octanol–water partition coefficient (Wildman–Crippen LogP) is 5.67. The van der Waals surface area contributed by atoms with Crippen LogP contribution in [-0.2, 0) is 22.7 Å². The van der Waals surface area contributed by atoms with Gasteiger partial charge in [-0.25, -0.2) is 9.78 Å². The van der Waals surface area contributed by atoms with E-state index in [-0.39, 0.29) is 5.71 Å². The van der Waals surface area contributed by atoms with Crippen LogP contribution in [0.5, 0.6) is 5.75 Å². The molecule has 1 aromatic heterocycles. The molecule has 1 heterocycles. The van der Waals surface area contributed by atoms with Crippen molar-refractivity contribution in [3.8, 4) is 17.2 Å². The van der Waals surface area contributed by atoms with Crippen LogP contribution in [0.1, 0.15) is 29.0 Å². The molecule has 178 valence electrons. The molecule has 0 radical (unpaired) electrons. The number of oxazole rings is 1. The summed E-state index contributed by atoms with van der Waals surface area (Å²) in [5.74, 6) is 0.945. The fraction of sp³-hybridized carbons (Fsp3) is 0.179. The molecule has 0 spiro atoms. The minimum Gasteiger partial charge on any atom is -0.487 e. The number of nitrogens with zero attached hydrogens (tertiary/aromatic N) is 2. The van der Waals surface area contributed by atoms with Crippen LogP contribution in [0.15, 0.2) is 94.5 Å². The number of aryl methyl sites for hydroxylation is 2. The molecule has 0 fully saturated rings. The van der Waals surface area contributed by atoms with E-state index in [1.165, 1.54) is 0 Å². The summed E-state index contributed by atoms with van der Waals surface area (Å²) in [6.45, 7) is 2.52. The van der Waals surface area contributed by atoms with Crippen LogP contribution in [-0.4, -0.2) is 28.4 Å². The summed E-state index contributed by atoms with van der Waals surface area (Å²) >= 11 is 0. The largest absolute Gasteiger partial charge is 0.487 e. The molecule has 0 aliphatic carbocycles. The molecular formula is C28H26N2O5. The zero-order valence-electron chi connectivity index (χ0n) is 19.4. The van der Waals surface area contributed by atoms with E-state index in [1.54, 1.807) is 24.3 Å². The van der Waals surface area contributed by atoms with Gasteiger partial charge in [0.25, 0.3) is 0 Å². The van der Waals surface area contributed by atoms with Gasteiger partial charge in [-0.1, -0.05) is 65.8 Å². The van der Waals surface area contributed by atoms with E-state index >= 15 is 0 Å². The third-order valence-electron chi connectivity index (χ3n) is 5.32. The molecule has 4 aromatic rings. The molecule has 7 nitrogen and oxygen atoms in total. The van der Waals surface area contributed by atoms with Gasteiger partial charge in [0.2, 0.25) is 5.89 Å². The summed E-state index contributed by atoms with van der Waals surface area (Å²) < 4.78 is 11.7. The number of carboxylic acid groups (broad SMARTS) is 1. The predicted molar refractivity (Wildman–Crippen MR) is 132 cm³/mol. The van der Waals surface area contributed by atoms with Crippen LogP contribution < -0.4 is 4.74 Å². The molecule has 0 atom stereocenters. The summed E-state index contributed by atoms with van der Waals surface area (Å²) in [7, 11) is 0. The van der Waals surface area contributed by atoms with Gasteiger partial charge in [-0.2, -0.15) is 0 Å². The van der Waals surface area contributed by atoms with Crippen molar-refractivity contribution in [1.82, 2.24) is 4.98 Å². The second-order valence-electron chi connectivity index (χ2n) is 7.87. The Bertz CT molecular complexity index is 1270. The molecule has 0 amide bonds. The first kappa shape index (κ1) is 23.8. The zero-order valence-corrected chi connectivity index (χ0v) is 19.4. The normalized spacial score (nSPS) is 11.3. The average molecular weight is 471 g/mol. The summed E-state index contributed by atoms with van der Waals surface area (Å²) in [5.41, 5.74) is 3.22. The van der Waals surface area contributed by atoms with E-state index in [9.17, 15) is 9.90 Å². The van der Waals surface area contributed by atoms with E-state index in [4.69, 9.17) is 14.0 Å². The summed E-state index contributed by atoms with van der Waals surface area (Å²) in [6, 6.07) is 26.3. The number of rotatable bonds is 11. The molecule has 0 aliphatic rings. The number of hydrogen-bond acceptors (Lipinski definition) is 6. The SMILES string of the molecule is Cc1oc(-c2ccccc2)nc1COc1ccc(CCCO/N=C(\C(=O)O)c2ccccc2)cc1. The Hall–Kier alpha value is -4.39. The van der Waals surface area contributed by atoms with Crippen molar-refractivity contribution >= 4 is 11.7 Å². The molecular weight excluding hydrogens is 444 g/mol. The van der Waals surface area contributed by atoms with Gasteiger partial charge >= 0.3 is 5.97 Å². The number of aromatic nitrogens is 1. The Morgan fingerprint density at radius 1 is 0.971 bits per heavy atom. The Morgan fingerprint density at radius 2 is 1.66 bits per heavy atom. The van der Waals surface area contributed by atoms with Gasteiger partial charge in [0.1, 0.15) is 30.4 Å². The van der Waals surface area contributed by atoms with Gasteiger partial charge in [0.15, 0.2) is 5.71 Å². The first-order valence-electron chi connectivity index (χ1n) is 11.3. The van der Waals surface area contributed by atoms with E-state index in [2.05, 4.69) is 10.1 Å². The van der Waals surface area contributed by atoms with Crippen LogP contribution in [0.25, 0.3) is 11.5 Å². The number of hydrogen-bond donors (Lipinski definition) is 1. The van der Waals surface area contributed by atoms with Crippen LogP contribution >= 0.6 is 0 Å². The maximum Gasteiger partial charge on any atom is 0.358 e. The second kappa shape index (κ2) is 11.7. The van der Waals surface area contributed by atoms with E-state index in [1.807, 2.05) is 67.6 Å². The molecule has 3 aromatic carbocycles. The molecule has 7 heteroatoms. The highest BCUT2D eigenvalue weighted by molar-refractivity contribution is 6.42. The lowest BCUT2D eigenvalue weighted by molar-refractivity contribution is -0.129. The summed E-state index contributed by atoms with van der Waals surface area (Å²) in [4.78, 5) is 21.2.